The first kappa shape index (κ1) is 6.02. The number of halogens is 1. The molecule has 0 aromatic carbocycles. The number of hydrogen-bond acceptors (Lipinski definition) is 1. The van der Waals surface area contributed by atoms with Crippen molar-refractivity contribution in [2.75, 3.05) is 6.54 Å². The molecule has 8 heavy (non-hydrogen) atoms. The van der Waals surface area contributed by atoms with Crippen molar-refractivity contribution >= 4 is 0 Å². The number of rotatable bonds is 0. The Morgan fingerprint density at radius 3 is 2.25 bits per heavy atom. The average molecular weight is 117 g/mol. The molecule has 2 heteroatoms. The Morgan fingerprint density at radius 2 is 2.12 bits per heavy atom. The van der Waals surface area contributed by atoms with Gasteiger partial charge in [0.2, 0.25) is 0 Å². The van der Waals surface area contributed by atoms with Crippen LogP contribution in [-0.4, -0.2) is 17.7 Å². The summed E-state index contributed by atoms with van der Waals surface area (Å²) in [6.45, 7) is 4.64. The van der Waals surface area contributed by atoms with E-state index in [1.54, 1.807) is 0 Å². The van der Waals surface area contributed by atoms with E-state index in [1.807, 2.05) is 6.92 Å². The molecule has 2 unspecified atom stereocenters. The van der Waals surface area contributed by atoms with E-state index in [4.69, 9.17) is 0 Å². The van der Waals surface area contributed by atoms with Gasteiger partial charge in [0.15, 0.2) is 0 Å². The Labute approximate surface area is 49.4 Å². The van der Waals surface area contributed by atoms with E-state index in [0.29, 0.717) is 12.5 Å². The Bertz CT molecular complexity index is 74.6. The molecule has 1 aliphatic rings. The zero-order valence-corrected chi connectivity index (χ0v) is 5.39. The van der Waals surface area contributed by atoms with Crippen LogP contribution >= 0.6 is 0 Å². The Morgan fingerprint density at radius 1 is 1.50 bits per heavy atom. The first-order valence-electron chi connectivity index (χ1n) is 3.14. The van der Waals surface area contributed by atoms with Gasteiger partial charge in [-0.15, -0.1) is 9.60 Å². The van der Waals surface area contributed by atoms with Crippen molar-refractivity contribution in [1.29, 1.82) is 0 Å². The van der Waals surface area contributed by atoms with Gasteiger partial charge in [-0.2, -0.15) is 0 Å². The zero-order chi connectivity index (χ0) is 6.15. The predicted octanol–water partition coefficient (Wildman–Crippen LogP) is 1.60. The topological polar surface area (TPSA) is 3.24 Å². The fourth-order valence-electron chi connectivity index (χ4n) is 1.05. The highest BCUT2D eigenvalue weighted by Crippen LogP contribution is 2.22. The first-order valence-corrected chi connectivity index (χ1v) is 3.14. The van der Waals surface area contributed by atoms with Crippen LogP contribution in [0.2, 0.25) is 0 Å². The van der Waals surface area contributed by atoms with Crippen LogP contribution in [0.15, 0.2) is 0 Å². The summed E-state index contributed by atoms with van der Waals surface area (Å²) in [4.78, 5) is 0. The SMILES string of the molecule is CC1CCN(F)C1C. The fraction of sp³-hybridized carbons (Fsp3) is 1.00. The van der Waals surface area contributed by atoms with Crippen molar-refractivity contribution in [3.8, 4) is 0 Å². The largest absolute Gasteiger partial charge is 0.143 e. The summed E-state index contributed by atoms with van der Waals surface area (Å²) in [5, 5.41) is 0.921. The quantitative estimate of drug-likeness (QED) is 0.435. The number of nitrogens with zero attached hydrogens (tertiary/aromatic N) is 1. The van der Waals surface area contributed by atoms with Crippen LogP contribution < -0.4 is 0 Å². The predicted molar refractivity (Wildman–Crippen MR) is 31.1 cm³/mol. The minimum absolute atomic E-state index is 0.148. The first-order chi connectivity index (χ1) is 3.72. The summed E-state index contributed by atoms with van der Waals surface area (Å²) < 4.78 is 12.4. The molecular formula is C6H12FN. The van der Waals surface area contributed by atoms with Crippen molar-refractivity contribution in [1.82, 2.24) is 5.12 Å². The smallest absolute Gasteiger partial charge is 0.0400 e. The van der Waals surface area contributed by atoms with Gasteiger partial charge in [0.25, 0.3) is 0 Å². The maximum Gasteiger partial charge on any atom is 0.0400 e. The van der Waals surface area contributed by atoms with Crippen LogP contribution in [0.3, 0.4) is 0 Å². The molecule has 2 atom stereocenters. The second-order valence-corrected chi connectivity index (χ2v) is 2.63. The van der Waals surface area contributed by atoms with Crippen LogP contribution in [0.5, 0.6) is 0 Å². The van der Waals surface area contributed by atoms with Gasteiger partial charge in [0.1, 0.15) is 0 Å². The molecule has 0 N–H and O–H groups in total. The fourth-order valence-corrected chi connectivity index (χ4v) is 1.05. The van der Waals surface area contributed by atoms with Gasteiger partial charge in [-0.3, -0.25) is 0 Å². The third kappa shape index (κ3) is 0.848. The van der Waals surface area contributed by atoms with E-state index in [1.165, 1.54) is 0 Å². The molecule has 0 radical (unpaired) electrons. The van der Waals surface area contributed by atoms with E-state index < -0.39 is 0 Å². The van der Waals surface area contributed by atoms with Gasteiger partial charge < -0.3 is 0 Å². The molecule has 0 aromatic heterocycles. The summed E-state index contributed by atoms with van der Waals surface area (Å²) >= 11 is 0. The zero-order valence-electron chi connectivity index (χ0n) is 5.39. The van der Waals surface area contributed by atoms with E-state index in [2.05, 4.69) is 6.92 Å². The molecule has 1 saturated heterocycles. The van der Waals surface area contributed by atoms with Crippen LogP contribution in [0, 0.1) is 5.92 Å². The van der Waals surface area contributed by atoms with E-state index in [9.17, 15) is 4.48 Å². The van der Waals surface area contributed by atoms with Crippen LogP contribution in [0.25, 0.3) is 0 Å². The molecule has 0 bridgehead atoms. The Balaban J connectivity index is 2.44. The van der Waals surface area contributed by atoms with Crippen molar-refractivity contribution in [2.45, 2.75) is 26.3 Å². The highest BCUT2D eigenvalue weighted by molar-refractivity contribution is 4.74. The van der Waals surface area contributed by atoms with Crippen molar-refractivity contribution in [3.63, 3.8) is 0 Å². The maximum absolute atomic E-state index is 12.4. The van der Waals surface area contributed by atoms with Crippen molar-refractivity contribution < 1.29 is 4.48 Å². The molecular weight excluding hydrogens is 105 g/mol. The summed E-state index contributed by atoms with van der Waals surface area (Å²) in [5.74, 6) is 0.542. The monoisotopic (exact) mass is 117 g/mol. The molecule has 0 amide bonds. The molecule has 0 saturated carbocycles. The van der Waals surface area contributed by atoms with Crippen LogP contribution in [-0.2, 0) is 0 Å². The third-order valence-electron chi connectivity index (χ3n) is 2.06. The maximum atomic E-state index is 12.4. The molecule has 1 fully saturated rings. The summed E-state index contributed by atoms with van der Waals surface area (Å²) in [7, 11) is 0. The lowest BCUT2D eigenvalue weighted by molar-refractivity contribution is 0.0108. The van der Waals surface area contributed by atoms with E-state index in [0.717, 1.165) is 11.5 Å². The molecule has 1 heterocycles. The summed E-state index contributed by atoms with van der Waals surface area (Å²) in [5.41, 5.74) is 0. The van der Waals surface area contributed by atoms with Crippen LogP contribution in [0.4, 0.5) is 4.48 Å². The molecule has 1 rings (SSSR count). The molecule has 0 spiro atoms. The van der Waals surface area contributed by atoms with Gasteiger partial charge in [0.05, 0.1) is 0 Å². The minimum Gasteiger partial charge on any atom is -0.143 e. The van der Waals surface area contributed by atoms with Crippen molar-refractivity contribution in [3.05, 3.63) is 0 Å². The standard InChI is InChI=1S/C6H12FN/c1-5-3-4-8(7)6(5)2/h5-6H,3-4H2,1-2H3. The van der Waals surface area contributed by atoms with Gasteiger partial charge in [-0.25, -0.2) is 0 Å². The summed E-state index contributed by atoms with van der Waals surface area (Å²) in [6, 6.07) is 0.148. The lowest BCUT2D eigenvalue weighted by Crippen LogP contribution is -2.20. The lowest BCUT2D eigenvalue weighted by atomic mass is 10.1. The van der Waals surface area contributed by atoms with E-state index in [-0.39, 0.29) is 6.04 Å². The lowest BCUT2D eigenvalue weighted by Gasteiger charge is -2.11. The average Bonchev–Trinajstić information content (AvgIpc) is 1.98. The normalized spacial score (nSPS) is 40.9. The van der Waals surface area contributed by atoms with Gasteiger partial charge >= 0.3 is 0 Å². The van der Waals surface area contributed by atoms with Crippen LogP contribution in [0.1, 0.15) is 20.3 Å². The molecule has 1 nitrogen and oxygen atoms in total. The van der Waals surface area contributed by atoms with Crippen molar-refractivity contribution in [2.24, 2.45) is 5.92 Å². The second kappa shape index (κ2) is 2.02. The molecule has 48 valence electrons. The highest BCUT2D eigenvalue weighted by atomic mass is 19.2. The highest BCUT2D eigenvalue weighted by Gasteiger charge is 2.26. The molecule has 0 aliphatic carbocycles. The third-order valence-corrected chi connectivity index (χ3v) is 2.06. The Hall–Kier alpha value is -0.110. The van der Waals surface area contributed by atoms with Gasteiger partial charge in [-0.05, 0) is 19.3 Å². The van der Waals surface area contributed by atoms with Gasteiger partial charge in [-0.1, -0.05) is 6.92 Å². The summed E-state index contributed by atoms with van der Waals surface area (Å²) in [6.07, 6.45) is 1.01. The molecule has 0 aromatic rings. The van der Waals surface area contributed by atoms with E-state index >= 15 is 0 Å². The second-order valence-electron chi connectivity index (χ2n) is 2.63. The minimum atomic E-state index is 0.148. The number of hydrogen-bond donors (Lipinski definition) is 0. The molecule has 1 aliphatic heterocycles. The Kier molecular flexibility index (Phi) is 1.52. The van der Waals surface area contributed by atoms with Gasteiger partial charge in [0, 0.05) is 12.6 Å².